The van der Waals surface area contributed by atoms with Gasteiger partial charge >= 0.3 is 0 Å². The van der Waals surface area contributed by atoms with Gasteiger partial charge in [0.15, 0.2) is 0 Å². The van der Waals surface area contributed by atoms with Gasteiger partial charge in [-0.1, -0.05) is 18.2 Å². The molecule has 2 aromatic heterocycles. The van der Waals surface area contributed by atoms with Crippen LogP contribution in [0.1, 0.15) is 0 Å². The van der Waals surface area contributed by atoms with Crippen molar-refractivity contribution in [2.75, 3.05) is 12.4 Å². The molecule has 0 radical (unpaired) electrons. The van der Waals surface area contributed by atoms with Crippen molar-refractivity contribution in [1.29, 1.82) is 0 Å². The van der Waals surface area contributed by atoms with Crippen molar-refractivity contribution in [2.24, 2.45) is 0 Å². The fraction of sp³-hybridized carbons (Fsp3) is 0.0833. The van der Waals surface area contributed by atoms with Crippen molar-refractivity contribution in [3.05, 3.63) is 42.7 Å². The van der Waals surface area contributed by atoms with E-state index in [2.05, 4.69) is 30.8 Å². The summed E-state index contributed by atoms with van der Waals surface area (Å²) in [5, 5.41) is 16.1. The monoisotopic (exact) mass is 285 g/mol. The lowest BCUT2D eigenvalue weighted by atomic mass is 10.3. The fourth-order valence-electron chi connectivity index (χ4n) is 1.60. The van der Waals surface area contributed by atoms with E-state index in [-0.39, 0.29) is 0 Å². The van der Waals surface area contributed by atoms with Gasteiger partial charge in [0.05, 0.1) is 5.69 Å². The van der Waals surface area contributed by atoms with Crippen LogP contribution in [0.25, 0.3) is 5.69 Å². The van der Waals surface area contributed by atoms with Gasteiger partial charge in [0.25, 0.3) is 0 Å². The third-order valence-corrected chi connectivity index (χ3v) is 3.41. The summed E-state index contributed by atoms with van der Waals surface area (Å²) in [6.45, 7) is 0. The standard InChI is InChI=1S/C12H11N7S/c1-13-10-7-11(15-8-14-10)20-12-16-17-18-19(12)9-5-3-2-4-6-9/h2-8H,1H3,(H,13,14,15). The lowest BCUT2D eigenvalue weighted by Crippen LogP contribution is -1.99. The van der Waals surface area contributed by atoms with Crippen LogP contribution in [-0.2, 0) is 0 Å². The van der Waals surface area contributed by atoms with Crippen LogP contribution in [0, 0.1) is 0 Å². The highest BCUT2D eigenvalue weighted by Gasteiger charge is 2.11. The largest absolute Gasteiger partial charge is 0.373 e. The van der Waals surface area contributed by atoms with Crippen molar-refractivity contribution in [3.8, 4) is 5.69 Å². The minimum atomic E-state index is 0.650. The van der Waals surface area contributed by atoms with Crippen molar-refractivity contribution in [3.63, 3.8) is 0 Å². The van der Waals surface area contributed by atoms with Crippen molar-refractivity contribution >= 4 is 17.6 Å². The molecule has 0 unspecified atom stereocenters. The molecule has 8 heteroatoms. The summed E-state index contributed by atoms with van der Waals surface area (Å²) in [4.78, 5) is 8.27. The Morgan fingerprint density at radius 2 is 2.00 bits per heavy atom. The third kappa shape index (κ3) is 2.59. The van der Waals surface area contributed by atoms with Gasteiger partial charge in [0.1, 0.15) is 17.2 Å². The SMILES string of the molecule is CNc1cc(Sc2nnnn2-c2ccccc2)ncn1. The minimum absolute atomic E-state index is 0.650. The molecular formula is C12H11N7S. The van der Waals surface area contributed by atoms with E-state index in [4.69, 9.17) is 0 Å². The Morgan fingerprint density at radius 1 is 1.15 bits per heavy atom. The number of nitrogens with one attached hydrogen (secondary N) is 1. The first kappa shape index (κ1) is 12.5. The normalized spacial score (nSPS) is 10.4. The number of nitrogens with zero attached hydrogens (tertiary/aromatic N) is 6. The molecule has 1 N–H and O–H groups in total. The summed E-state index contributed by atoms with van der Waals surface area (Å²) < 4.78 is 1.67. The molecule has 0 saturated carbocycles. The van der Waals surface area contributed by atoms with E-state index in [1.165, 1.54) is 18.1 Å². The van der Waals surface area contributed by atoms with Crippen LogP contribution in [0.2, 0.25) is 0 Å². The Kier molecular flexibility index (Phi) is 3.55. The summed E-state index contributed by atoms with van der Waals surface area (Å²) in [7, 11) is 1.81. The summed E-state index contributed by atoms with van der Waals surface area (Å²) in [6.07, 6.45) is 1.50. The van der Waals surface area contributed by atoms with E-state index in [1.54, 1.807) is 4.68 Å². The highest BCUT2D eigenvalue weighted by atomic mass is 32.2. The van der Waals surface area contributed by atoms with Crippen molar-refractivity contribution in [2.45, 2.75) is 10.2 Å². The van der Waals surface area contributed by atoms with E-state index in [1.807, 2.05) is 43.4 Å². The van der Waals surface area contributed by atoms with E-state index >= 15 is 0 Å². The van der Waals surface area contributed by atoms with Gasteiger partial charge in [0.2, 0.25) is 5.16 Å². The molecule has 0 aliphatic rings. The lowest BCUT2D eigenvalue weighted by Gasteiger charge is -2.04. The molecule has 0 spiro atoms. The second kappa shape index (κ2) is 5.66. The molecule has 0 aliphatic carbocycles. The Bertz CT molecular complexity index is 698. The molecule has 0 fully saturated rings. The molecule has 0 bridgehead atoms. The van der Waals surface area contributed by atoms with Crippen LogP contribution in [0.3, 0.4) is 0 Å². The number of anilines is 1. The topological polar surface area (TPSA) is 81.4 Å². The van der Waals surface area contributed by atoms with Gasteiger partial charge in [-0.15, -0.1) is 5.10 Å². The second-order valence-corrected chi connectivity index (χ2v) is 4.79. The average Bonchev–Trinajstić information content (AvgIpc) is 2.96. The predicted molar refractivity (Wildman–Crippen MR) is 74.9 cm³/mol. The molecular weight excluding hydrogens is 274 g/mol. The van der Waals surface area contributed by atoms with Crippen molar-refractivity contribution in [1.82, 2.24) is 30.2 Å². The van der Waals surface area contributed by atoms with E-state index in [0.29, 0.717) is 5.16 Å². The first-order valence-electron chi connectivity index (χ1n) is 5.88. The fourth-order valence-corrected chi connectivity index (χ4v) is 2.36. The number of hydrogen-bond donors (Lipinski definition) is 1. The van der Waals surface area contributed by atoms with Crippen LogP contribution in [0.5, 0.6) is 0 Å². The zero-order valence-electron chi connectivity index (χ0n) is 10.6. The van der Waals surface area contributed by atoms with Crippen molar-refractivity contribution < 1.29 is 0 Å². The first-order chi connectivity index (χ1) is 9.86. The van der Waals surface area contributed by atoms with Crippen LogP contribution < -0.4 is 5.32 Å². The number of tetrazole rings is 1. The first-order valence-corrected chi connectivity index (χ1v) is 6.70. The zero-order chi connectivity index (χ0) is 13.8. The Hall–Kier alpha value is -2.48. The Labute approximate surface area is 119 Å². The number of para-hydroxylation sites is 1. The second-order valence-electron chi connectivity index (χ2n) is 3.80. The summed E-state index contributed by atoms with van der Waals surface area (Å²) in [6, 6.07) is 11.6. The molecule has 0 aliphatic heterocycles. The average molecular weight is 285 g/mol. The van der Waals surface area contributed by atoms with Gasteiger partial charge in [-0.2, -0.15) is 4.68 Å². The van der Waals surface area contributed by atoms with Crippen LogP contribution in [0.15, 0.2) is 52.9 Å². The van der Waals surface area contributed by atoms with Gasteiger partial charge < -0.3 is 5.32 Å². The maximum absolute atomic E-state index is 4.20. The third-order valence-electron chi connectivity index (χ3n) is 2.54. The molecule has 20 heavy (non-hydrogen) atoms. The van der Waals surface area contributed by atoms with Gasteiger partial charge in [0, 0.05) is 13.1 Å². The molecule has 0 amide bonds. The number of rotatable bonds is 4. The quantitative estimate of drug-likeness (QED) is 0.730. The van der Waals surface area contributed by atoms with Crippen LogP contribution in [0.4, 0.5) is 5.82 Å². The molecule has 100 valence electrons. The molecule has 3 rings (SSSR count). The highest BCUT2D eigenvalue weighted by molar-refractivity contribution is 7.99. The maximum atomic E-state index is 4.20. The minimum Gasteiger partial charge on any atom is -0.373 e. The summed E-state index contributed by atoms with van der Waals surface area (Å²) in [5.74, 6) is 0.751. The molecule has 3 aromatic rings. The zero-order valence-corrected chi connectivity index (χ0v) is 11.4. The smallest absolute Gasteiger partial charge is 0.220 e. The van der Waals surface area contributed by atoms with Crippen LogP contribution in [-0.4, -0.2) is 37.2 Å². The van der Waals surface area contributed by atoms with E-state index in [9.17, 15) is 0 Å². The van der Waals surface area contributed by atoms with E-state index in [0.717, 1.165) is 16.5 Å². The Morgan fingerprint density at radius 3 is 2.80 bits per heavy atom. The number of benzene rings is 1. The van der Waals surface area contributed by atoms with E-state index < -0.39 is 0 Å². The Balaban J connectivity index is 1.90. The van der Waals surface area contributed by atoms with Crippen LogP contribution >= 0.6 is 11.8 Å². The molecule has 2 heterocycles. The molecule has 0 atom stereocenters. The molecule has 0 saturated heterocycles. The summed E-state index contributed by atoms with van der Waals surface area (Å²) >= 11 is 1.38. The van der Waals surface area contributed by atoms with Gasteiger partial charge in [-0.05, 0) is 34.3 Å². The highest BCUT2D eigenvalue weighted by Crippen LogP contribution is 2.25. The van der Waals surface area contributed by atoms with Gasteiger partial charge in [-0.3, -0.25) is 0 Å². The maximum Gasteiger partial charge on any atom is 0.220 e. The number of hydrogen-bond acceptors (Lipinski definition) is 7. The predicted octanol–water partition coefficient (Wildman–Crippen LogP) is 1.65. The summed E-state index contributed by atoms with van der Waals surface area (Å²) in [5.41, 5.74) is 0.905. The molecule has 7 nitrogen and oxygen atoms in total. The lowest BCUT2D eigenvalue weighted by molar-refractivity contribution is 0.756. The number of aromatic nitrogens is 6. The molecule has 1 aromatic carbocycles. The van der Waals surface area contributed by atoms with Gasteiger partial charge in [-0.25, -0.2) is 9.97 Å².